The number of Topliss-reactive ketones (excluding diaryl/α,β-unsaturated/α-hetero) is 1. The Hall–Kier alpha value is -2.18. The number of rotatable bonds is 3. The summed E-state index contributed by atoms with van der Waals surface area (Å²) in [5.74, 6) is 2.43. The molecule has 1 atom stereocenters. The molecule has 0 N–H and O–H groups in total. The molecule has 7 nitrogen and oxygen atoms in total. The molecule has 1 aliphatic carbocycles. The van der Waals surface area contributed by atoms with Gasteiger partial charge < -0.3 is 14.7 Å². The largest absolute Gasteiger partial charge is 0.352 e. The maximum Gasteiger partial charge on any atom is 0.225 e. The Morgan fingerprint density at radius 2 is 1.61 bits per heavy atom. The first-order valence-electron chi connectivity index (χ1n) is 10.8. The van der Waals surface area contributed by atoms with Gasteiger partial charge >= 0.3 is 0 Å². The van der Waals surface area contributed by atoms with Crippen LogP contribution in [0.25, 0.3) is 0 Å². The molecule has 4 rings (SSSR count). The molecule has 1 aromatic heterocycles. The first-order chi connectivity index (χ1) is 13.6. The number of amides is 1. The van der Waals surface area contributed by atoms with E-state index >= 15 is 0 Å². The van der Waals surface area contributed by atoms with Crippen molar-refractivity contribution in [3.8, 4) is 0 Å². The van der Waals surface area contributed by atoms with Gasteiger partial charge in [-0.1, -0.05) is 0 Å². The SMILES string of the molecule is CC1CCCCN1c1ccc(N2CCN(C(=O)C3CCC(=O)CC3)CC2)nn1. The third-order valence-corrected chi connectivity index (χ3v) is 6.54. The zero-order chi connectivity index (χ0) is 19.5. The minimum Gasteiger partial charge on any atom is -0.352 e. The van der Waals surface area contributed by atoms with Crippen LogP contribution >= 0.6 is 0 Å². The van der Waals surface area contributed by atoms with Gasteiger partial charge in [-0.2, -0.15) is 0 Å². The Morgan fingerprint density at radius 3 is 2.25 bits per heavy atom. The average Bonchev–Trinajstić information content (AvgIpc) is 2.74. The quantitative estimate of drug-likeness (QED) is 0.795. The monoisotopic (exact) mass is 385 g/mol. The lowest BCUT2D eigenvalue weighted by molar-refractivity contribution is -0.137. The fourth-order valence-corrected chi connectivity index (χ4v) is 4.68. The summed E-state index contributed by atoms with van der Waals surface area (Å²) in [5.41, 5.74) is 0. The number of piperidine rings is 1. The van der Waals surface area contributed by atoms with E-state index in [0.29, 0.717) is 24.7 Å². The van der Waals surface area contributed by atoms with Crippen molar-refractivity contribution >= 4 is 23.3 Å². The van der Waals surface area contributed by atoms with E-state index < -0.39 is 0 Å². The van der Waals surface area contributed by atoms with Crippen molar-refractivity contribution in [1.82, 2.24) is 15.1 Å². The maximum absolute atomic E-state index is 12.7. The second-order valence-electron chi connectivity index (χ2n) is 8.41. The van der Waals surface area contributed by atoms with Gasteiger partial charge in [-0.15, -0.1) is 10.2 Å². The van der Waals surface area contributed by atoms with E-state index in [0.717, 1.165) is 57.2 Å². The number of hydrogen-bond donors (Lipinski definition) is 0. The average molecular weight is 386 g/mol. The first-order valence-corrected chi connectivity index (χ1v) is 10.8. The summed E-state index contributed by atoms with van der Waals surface area (Å²) in [5, 5.41) is 8.96. The predicted octanol–water partition coefficient (Wildman–Crippen LogP) is 2.26. The standard InChI is InChI=1S/C21H31N5O2/c1-16-4-2-3-11-26(16)20-10-9-19(22-23-20)24-12-14-25(15-13-24)21(28)17-5-7-18(27)8-6-17/h9-10,16-17H,2-8,11-15H2,1H3. The molecular formula is C21H31N5O2. The molecule has 0 spiro atoms. The molecule has 28 heavy (non-hydrogen) atoms. The third kappa shape index (κ3) is 4.13. The van der Waals surface area contributed by atoms with Crippen molar-refractivity contribution in [3.63, 3.8) is 0 Å². The molecule has 3 heterocycles. The topological polar surface area (TPSA) is 69.6 Å². The lowest BCUT2D eigenvalue weighted by Gasteiger charge is -2.37. The van der Waals surface area contributed by atoms with E-state index in [1.54, 1.807) is 0 Å². The summed E-state index contributed by atoms with van der Waals surface area (Å²) in [4.78, 5) is 30.7. The van der Waals surface area contributed by atoms with E-state index in [9.17, 15) is 9.59 Å². The molecule has 1 unspecified atom stereocenters. The van der Waals surface area contributed by atoms with Crippen molar-refractivity contribution in [2.24, 2.45) is 5.92 Å². The van der Waals surface area contributed by atoms with Gasteiger partial charge in [-0.3, -0.25) is 9.59 Å². The molecule has 3 aliphatic rings. The molecule has 0 radical (unpaired) electrons. The van der Waals surface area contributed by atoms with Crippen LogP contribution in [-0.4, -0.2) is 65.6 Å². The van der Waals surface area contributed by atoms with Gasteiger partial charge in [0.25, 0.3) is 0 Å². The lowest BCUT2D eigenvalue weighted by atomic mass is 9.87. The molecule has 2 saturated heterocycles. The summed E-state index contributed by atoms with van der Waals surface area (Å²) < 4.78 is 0. The van der Waals surface area contributed by atoms with Crippen molar-refractivity contribution < 1.29 is 9.59 Å². The summed E-state index contributed by atoms with van der Waals surface area (Å²) in [6.07, 6.45) is 6.30. The van der Waals surface area contributed by atoms with Gasteiger partial charge in [0.05, 0.1) is 0 Å². The molecule has 152 valence electrons. The van der Waals surface area contributed by atoms with Gasteiger partial charge in [0, 0.05) is 57.5 Å². The minimum absolute atomic E-state index is 0.0369. The highest BCUT2D eigenvalue weighted by Crippen LogP contribution is 2.26. The van der Waals surface area contributed by atoms with Crippen LogP contribution in [0.2, 0.25) is 0 Å². The zero-order valence-corrected chi connectivity index (χ0v) is 16.8. The Bertz CT molecular complexity index is 689. The fraction of sp³-hybridized carbons (Fsp3) is 0.714. The number of piperazine rings is 1. The lowest BCUT2D eigenvalue weighted by Crippen LogP contribution is -2.51. The summed E-state index contributed by atoms with van der Waals surface area (Å²) in [6.45, 7) is 6.32. The Balaban J connectivity index is 1.31. The normalized spacial score (nSPS) is 24.5. The van der Waals surface area contributed by atoms with E-state index in [1.807, 2.05) is 4.90 Å². The fourth-order valence-electron chi connectivity index (χ4n) is 4.68. The van der Waals surface area contributed by atoms with Gasteiger partial charge in [-0.25, -0.2) is 0 Å². The van der Waals surface area contributed by atoms with Gasteiger partial charge in [0.2, 0.25) is 5.91 Å². The highest BCUT2D eigenvalue weighted by Gasteiger charge is 2.30. The predicted molar refractivity (Wildman–Crippen MR) is 108 cm³/mol. The molecular weight excluding hydrogens is 354 g/mol. The van der Waals surface area contributed by atoms with Crippen molar-refractivity contribution in [3.05, 3.63) is 12.1 Å². The van der Waals surface area contributed by atoms with E-state index in [2.05, 4.69) is 39.1 Å². The number of nitrogens with zero attached hydrogens (tertiary/aromatic N) is 5. The summed E-state index contributed by atoms with van der Waals surface area (Å²) in [6, 6.07) is 4.67. The van der Waals surface area contributed by atoms with E-state index in [-0.39, 0.29) is 11.8 Å². The molecule has 7 heteroatoms. The van der Waals surface area contributed by atoms with Crippen LogP contribution in [0.4, 0.5) is 11.6 Å². The minimum atomic E-state index is 0.0369. The van der Waals surface area contributed by atoms with Crippen LogP contribution in [0, 0.1) is 5.92 Å². The number of hydrogen-bond acceptors (Lipinski definition) is 6. The number of carbonyl (C=O) groups is 2. The van der Waals surface area contributed by atoms with Crippen molar-refractivity contribution in [2.45, 2.75) is 57.9 Å². The first kappa shape index (κ1) is 19.2. The molecule has 1 saturated carbocycles. The van der Waals surface area contributed by atoms with E-state index in [1.165, 1.54) is 19.3 Å². The van der Waals surface area contributed by atoms with Gasteiger partial charge in [-0.05, 0) is 51.2 Å². The van der Waals surface area contributed by atoms with E-state index in [4.69, 9.17) is 0 Å². The molecule has 1 amide bonds. The van der Waals surface area contributed by atoms with Crippen LogP contribution in [0.1, 0.15) is 51.9 Å². The molecule has 0 aromatic carbocycles. The molecule has 0 bridgehead atoms. The van der Waals surface area contributed by atoms with Crippen LogP contribution in [-0.2, 0) is 9.59 Å². The second-order valence-corrected chi connectivity index (χ2v) is 8.41. The van der Waals surface area contributed by atoms with Gasteiger partial charge in [0.1, 0.15) is 5.78 Å². The van der Waals surface area contributed by atoms with Gasteiger partial charge in [0.15, 0.2) is 11.6 Å². The number of carbonyl (C=O) groups excluding carboxylic acids is 2. The van der Waals surface area contributed by atoms with Crippen LogP contribution < -0.4 is 9.80 Å². The van der Waals surface area contributed by atoms with Crippen LogP contribution in [0.5, 0.6) is 0 Å². The highest BCUT2D eigenvalue weighted by molar-refractivity contribution is 5.84. The number of ketones is 1. The molecule has 1 aromatic rings. The van der Waals surface area contributed by atoms with Crippen molar-refractivity contribution in [1.29, 1.82) is 0 Å². The summed E-state index contributed by atoms with van der Waals surface area (Å²) in [7, 11) is 0. The molecule has 2 aliphatic heterocycles. The zero-order valence-electron chi connectivity index (χ0n) is 16.8. The van der Waals surface area contributed by atoms with Crippen molar-refractivity contribution in [2.75, 3.05) is 42.5 Å². The van der Waals surface area contributed by atoms with Crippen LogP contribution in [0.15, 0.2) is 12.1 Å². The third-order valence-electron chi connectivity index (χ3n) is 6.54. The Kier molecular flexibility index (Phi) is 5.78. The van der Waals surface area contributed by atoms with Crippen LogP contribution in [0.3, 0.4) is 0 Å². The summed E-state index contributed by atoms with van der Waals surface area (Å²) >= 11 is 0. The maximum atomic E-state index is 12.7. The smallest absolute Gasteiger partial charge is 0.225 e. The number of aromatic nitrogens is 2. The number of anilines is 2. The Morgan fingerprint density at radius 1 is 0.929 bits per heavy atom. The second kappa shape index (κ2) is 8.45. The Labute approximate surface area is 167 Å². The highest BCUT2D eigenvalue weighted by atomic mass is 16.2. The molecule has 3 fully saturated rings.